The molecule has 40 heavy (non-hydrogen) atoms. The molecule has 0 aromatic heterocycles. The van der Waals surface area contributed by atoms with Crippen molar-refractivity contribution in [3.8, 4) is 5.75 Å². The Bertz CT molecular complexity index is 1100. The van der Waals surface area contributed by atoms with Gasteiger partial charge in [-0.3, -0.25) is 14.4 Å². The second-order valence-corrected chi connectivity index (χ2v) is 11.1. The maximum atomic E-state index is 13.3. The number of hydrogen-bond acceptors (Lipinski definition) is 4. The molecule has 0 aliphatic carbocycles. The van der Waals surface area contributed by atoms with Gasteiger partial charge < -0.3 is 15.0 Å². The third kappa shape index (κ3) is 9.50. The summed E-state index contributed by atoms with van der Waals surface area (Å²) in [6.07, 6.45) is 5.41. The van der Waals surface area contributed by atoms with Crippen LogP contribution in [0.5, 0.6) is 5.75 Å². The van der Waals surface area contributed by atoms with Crippen LogP contribution >= 0.6 is 0 Å². The van der Waals surface area contributed by atoms with Crippen LogP contribution in [-0.4, -0.2) is 42.2 Å². The molecule has 1 fully saturated rings. The van der Waals surface area contributed by atoms with Gasteiger partial charge in [0.25, 0.3) is 0 Å². The molecule has 2 amide bonds. The molecule has 6 nitrogen and oxygen atoms in total. The third-order valence-electron chi connectivity index (χ3n) is 8.15. The van der Waals surface area contributed by atoms with Crippen molar-refractivity contribution >= 4 is 17.6 Å². The number of carbonyl (C=O) groups excluding carboxylic acids is 3. The Balaban J connectivity index is 0.00000216. The first-order chi connectivity index (χ1) is 19.4. The summed E-state index contributed by atoms with van der Waals surface area (Å²) in [6.45, 7) is 10.5. The number of amides is 2. The van der Waals surface area contributed by atoms with Crippen LogP contribution in [0.4, 0.5) is 0 Å². The number of ether oxygens (including phenoxy) is 1. The van der Waals surface area contributed by atoms with Gasteiger partial charge >= 0.3 is 0 Å². The number of fused-ring (bicyclic) bond motifs is 4. The number of carbonyl (C=O) groups is 3. The number of rotatable bonds is 3. The minimum absolute atomic E-state index is 0.0545. The molecule has 2 aliphatic heterocycles. The van der Waals surface area contributed by atoms with Crippen molar-refractivity contribution in [1.82, 2.24) is 10.2 Å². The Morgan fingerprint density at radius 3 is 2.55 bits per heavy atom. The fourth-order valence-corrected chi connectivity index (χ4v) is 5.60. The number of Topliss-reactive ketones (excluding diaryl/α,β-unsaturated/α-hetero) is 1. The molecule has 2 aliphatic rings. The molecule has 4 bridgehead atoms. The maximum Gasteiger partial charge on any atom is 0.225 e. The van der Waals surface area contributed by atoms with Crippen molar-refractivity contribution in [2.45, 2.75) is 85.6 Å². The maximum absolute atomic E-state index is 13.3. The van der Waals surface area contributed by atoms with Gasteiger partial charge in [0.1, 0.15) is 11.5 Å². The lowest BCUT2D eigenvalue weighted by Gasteiger charge is -2.34. The van der Waals surface area contributed by atoms with Crippen LogP contribution in [0.3, 0.4) is 0 Å². The summed E-state index contributed by atoms with van der Waals surface area (Å²) in [5.41, 5.74) is 3.27. The van der Waals surface area contributed by atoms with E-state index in [0.29, 0.717) is 38.3 Å². The third-order valence-corrected chi connectivity index (χ3v) is 8.15. The number of piperidine rings is 1. The number of hydrogen-bond donors (Lipinski definition) is 1. The molecule has 2 unspecified atom stereocenters. The molecule has 4 rings (SSSR count). The molecule has 0 spiro atoms. The molecular weight excluding hydrogens is 500 g/mol. The summed E-state index contributed by atoms with van der Waals surface area (Å²) in [5, 5.41) is 3.09. The van der Waals surface area contributed by atoms with Crippen LogP contribution in [0.25, 0.3) is 0 Å². The van der Waals surface area contributed by atoms with Gasteiger partial charge in [0, 0.05) is 44.3 Å². The van der Waals surface area contributed by atoms with Crippen LogP contribution in [-0.2, 0) is 27.3 Å². The molecule has 3 atom stereocenters. The predicted molar refractivity (Wildman–Crippen MR) is 160 cm³/mol. The Morgan fingerprint density at radius 2 is 1.77 bits per heavy atom. The van der Waals surface area contributed by atoms with E-state index in [1.165, 1.54) is 0 Å². The lowest BCUT2D eigenvalue weighted by atomic mass is 9.90. The van der Waals surface area contributed by atoms with E-state index in [1.807, 2.05) is 69.0 Å². The lowest BCUT2D eigenvalue weighted by molar-refractivity contribution is -0.137. The lowest BCUT2D eigenvalue weighted by Crippen LogP contribution is -2.42. The van der Waals surface area contributed by atoms with Crippen molar-refractivity contribution in [3.05, 3.63) is 65.2 Å². The highest BCUT2D eigenvalue weighted by Gasteiger charge is 2.28. The minimum atomic E-state index is -0.404. The average molecular weight is 549 g/mol. The largest absolute Gasteiger partial charge is 0.494 e. The van der Waals surface area contributed by atoms with Crippen LogP contribution in [0.2, 0.25) is 0 Å². The first-order valence-electron chi connectivity index (χ1n) is 15.2. The van der Waals surface area contributed by atoms with Gasteiger partial charge in [0.05, 0.1) is 6.61 Å². The van der Waals surface area contributed by atoms with E-state index >= 15 is 0 Å². The van der Waals surface area contributed by atoms with Crippen molar-refractivity contribution in [2.75, 3.05) is 19.7 Å². The first-order valence-corrected chi connectivity index (χ1v) is 15.2. The topological polar surface area (TPSA) is 75.7 Å². The summed E-state index contributed by atoms with van der Waals surface area (Å²) in [5.74, 6) is 0.725. The van der Waals surface area contributed by atoms with E-state index in [0.717, 1.165) is 61.2 Å². The summed E-state index contributed by atoms with van der Waals surface area (Å²) < 4.78 is 6.10. The minimum Gasteiger partial charge on any atom is -0.494 e. The van der Waals surface area contributed by atoms with Crippen molar-refractivity contribution in [2.24, 2.45) is 17.8 Å². The van der Waals surface area contributed by atoms with Gasteiger partial charge in [-0.1, -0.05) is 57.2 Å². The number of ketones is 1. The summed E-state index contributed by atoms with van der Waals surface area (Å²) in [4.78, 5) is 41.5. The van der Waals surface area contributed by atoms with Gasteiger partial charge in [-0.25, -0.2) is 0 Å². The van der Waals surface area contributed by atoms with E-state index in [-0.39, 0.29) is 29.9 Å². The standard InChI is InChI=1S/C32H42N2O4.C2H6/c1-23-11-15-30-20-28(23)21-33-31(36)27(13-12-25-7-4-3-5-8-25)19-29(35)14-10-24(2)32(37)34-17-6-9-26(22-34)16-18-38-30;1-2/h3-5,7-8,11,15,20,24,26-27H,6,9-10,12-14,16-19,21-22H2,1-2H3,(H,33,36);1-2H3/t24?,26?,27-;/m1./s1. The number of aryl methyl sites for hydroxylation is 2. The zero-order valence-corrected chi connectivity index (χ0v) is 24.9. The molecule has 1 N–H and O–H groups in total. The molecule has 218 valence electrons. The van der Waals surface area contributed by atoms with Crippen LogP contribution < -0.4 is 10.1 Å². The Morgan fingerprint density at radius 1 is 1.00 bits per heavy atom. The van der Waals surface area contributed by atoms with E-state index in [1.54, 1.807) is 0 Å². The molecule has 1 saturated heterocycles. The molecular formula is C34H48N2O4. The highest BCUT2D eigenvalue weighted by atomic mass is 16.5. The molecule has 2 aromatic carbocycles. The number of nitrogens with zero attached hydrogens (tertiary/aromatic N) is 1. The highest BCUT2D eigenvalue weighted by Crippen LogP contribution is 2.25. The van der Waals surface area contributed by atoms with Crippen molar-refractivity contribution < 1.29 is 19.1 Å². The van der Waals surface area contributed by atoms with Crippen LogP contribution in [0.1, 0.15) is 82.4 Å². The van der Waals surface area contributed by atoms with E-state index in [2.05, 4.69) is 17.4 Å². The Kier molecular flexibility index (Phi) is 12.7. The second kappa shape index (κ2) is 16.2. The van der Waals surface area contributed by atoms with E-state index in [9.17, 15) is 14.4 Å². The van der Waals surface area contributed by atoms with Crippen molar-refractivity contribution in [1.29, 1.82) is 0 Å². The predicted octanol–water partition coefficient (Wildman–Crippen LogP) is 6.28. The van der Waals surface area contributed by atoms with Gasteiger partial charge in [0.15, 0.2) is 0 Å². The van der Waals surface area contributed by atoms with Crippen LogP contribution in [0, 0.1) is 24.7 Å². The molecule has 0 saturated carbocycles. The van der Waals surface area contributed by atoms with E-state index in [4.69, 9.17) is 4.74 Å². The normalized spacial score (nSPS) is 22.9. The average Bonchev–Trinajstić information content (AvgIpc) is 2.98. The molecule has 6 heteroatoms. The van der Waals surface area contributed by atoms with Gasteiger partial charge in [0.2, 0.25) is 11.8 Å². The van der Waals surface area contributed by atoms with Gasteiger partial charge in [-0.15, -0.1) is 0 Å². The highest BCUT2D eigenvalue weighted by molar-refractivity contribution is 5.87. The summed E-state index contributed by atoms with van der Waals surface area (Å²) >= 11 is 0. The SMILES string of the molecule is CC.Cc1ccc2cc1CNC(=O)[C@H](CCc1ccccc1)CC(=O)CCC(C)C(=O)N1CCCC(CCO2)C1. The molecule has 0 radical (unpaired) electrons. The van der Waals surface area contributed by atoms with Crippen LogP contribution in [0.15, 0.2) is 48.5 Å². The quantitative estimate of drug-likeness (QED) is 0.490. The Hall–Kier alpha value is -3.15. The monoisotopic (exact) mass is 548 g/mol. The zero-order valence-electron chi connectivity index (χ0n) is 24.9. The Labute approximate surface area is 240 Å². The van der Waals surface area contributed by atoms with Gasteiger partial charge in [-0.05, 0) is 80.2 Å². The van der Waals surface area contributed by atoms with E-state index < -0.39 is 5.92 Å². The summed E-state index contributed by atoms with van der Waals surface area (Å²) in [7, 11) is 0. The number of nitrogens with one attached hydrogen (secondary N) is 1. The zero-order chi connectivity index (χ0) is 28.9. The first kappa shape index (κ1) is 31.4. The fraction of sp³-hybridized carbons (Fsp3) is 0.559. The fourth-order valence-electron chi connectivity index (χ4n) is 5.60. The number of benzene rings is 2. The molecule has 2 heterocycles. The summed E-state index contributed by atoms with van der Waals surface area (Å²) in [6, 6.07) is 16.1. The van der Waals surface area contributed by atoms with Crippen molar-refractivity contribution in [3.63, 3.8) is 0 Å². The smallest absolute Gasteiger partial charge is 0.225 e. The molecule has 2 aromatic rings. The second-order valence-electron chi connectivity index (χ2n) is 11.1. The van der Waals surface area contributed by atoms with Gasteiger partial charge in [-0.2, -0.15) is 0 Å².